The Bertz CT molecular complexity index is 441. The number of rotatable bonds is 2. The maximum Gasteiger partial charge on any atom is 0.123 e. The average Bonchev–Trinajstić information content (AvgIpc) is 2.63. The molecule has 2 aliphatic rings. The van der Waals surface area contributed by atoms with Crippen LogP contribution in [0, 0.1) is 12.8 Å². The van der Waals surface area contributed by atoms with Gasteiger partial charge in [0.2, 0.25) is 0 Å². The molecular formula is C17H24O2. The van der Waals surface area contributed by atoms with E-state index in [1.54, 1.807) is 0 Å². The van der Waals surface area contributed by atoms with Crippen LogP contribution in [0.1, 0.15) is 49.7 Å². The maximum atomic E-state index is 9.90. The third kappa shape index (κ3) is 3.11. The third-order valence-electron chi connectivity index (χ3n) is 4.56. The van der Waals surface area contributed by atoms with Gasteiger partial charge in [0.25, 0.3) is 0 Å². The Kier molecular flexibility index (Phi) is 3.79. The molecule has 0 spiro atoms. The lowest BCUT2D eigenvalue weighted by atomic mass is 9.91. The Labute approximate surface area is 115 Å². The molecule has 1 aromatic carbocycles. The fourth-order valence-electron chi connectivity index (χ4n) is 3.60. The lowest BCUT2D eigenvalue weighted by molar-refractivity contribution is 0.122. The van der Waals surface area contributed by atoms with Gasteiger partial charge in [-0.15, -0.1) is 0 Å². The zero-order valence-corrected chi connectivity index (χ0v) is 11.8. The molecule has 0 amide bonds. The molecule has 1 N–H and O–H groups in total. The summed E-state index contributed by atoms with van der Waals surface area (Å²) in [5.41, 5.74) is 2.67. The minimum atomic E-state index is -0.0847. The zero-order chi connectivity index (χ0) is 13.2. The Balaban J connectivity index is 1.60. The van der Waals surface area contributed by atoms with Gasteiger partial charge in [-0.1, -0.05) is 37.0 Å². The van der Waals surface area contributed by atoms with E-state index in [4.69, 9.17) is 4.74 Å². The standard InChI is InChI=1S/C17H24O2/c1-12-6-7-17-14(8-12)11-16(19-17)10-13-4-2-3-5-15(18)9-13/h6-8,13,15-16,18H,2-5,9-11H2,1H3. The summed E-state index contributed by atoms with van der Waals surface area (Å²) in [7, 11) is 0. The largest absolute Gasteiger partial charge is 0.490 e. The van der Waals surface area contributed by atoms with Crippen LogP contribution in [0.2, 0.25) is 0 Å². The number of hydrogen-bond donors (Lipinski definition) is 1. The summed E-state index contributed by atoms with van der Waals surface area (Å²) in [6.07, 6.45) is 8.05. The van der Waals surface area contributed by atoms with Crippen LogP contribution in [0.3, 0.4) is 0 Å². The first-order valence-electron chi connectivity index (χ1n) is 7.65. The van der Waals surface area contributed by atoms with Gasteiger partial charge in [0.05, 0.1) is 6.10 Å². The molecule has 19 heavy (non-hydrogen) atoms. The number of ether oxygens (including phenoxy) is 1. The van der Waals surface area contributed by atoms with E-state index in [0.29, 0.717) is 12.0 Å². The van der Waals surface area contributed by atoms with Crippen molar-refractivity contribution in [3.05, 3.63) is 29.3 Å². The smallest absolute Gasteiger partial charge is 0.123 e. The summed E-state index contributed by atoms with van der Waals surface area (Å²) in [5.74, 6) is 1.71. The van der Waals surface area contributed by atoms with E-state index in [1.807, 2.05) is 0 Å². The van der Waals surface area contributed by atoms with Gasteiger partial charge in [0.1, 0.15) is 11.9 Å². The summed E-state index contributed by atoms with van der Waals surface area (Å²) < 4.78 is 6.06. The fourth-order valence-corrected chi connectivity index (χ4v) is 3.60. The molecule has 1 aliphatic carbocycles. The van der Waals surface area contributed by atoms with Crippen molar-refractivity contribution in [2.45, 2.75) is 64.1 Å². The summed E-state index contributed by atoms with van der Waals surface area (Å²) >= 11 is 0. The molecule has 1 heterocycles. The van der Waals surface area contributed by atoms with Crippen LogP contribution in [-0.2, 0) is 6.42 Å². The van der Waals surface area contributed by atoms with Gasteiger partial charge < -0.3 is 9.84 Å². The van der Waals surface area contributed by atoms with Gasteiger partial charge in [-0.2, -0.15) is 0 Å². The van der Waals surface area contributed by atoms with Crippen molar-refractivity contribution < 1.29 is 9.84 Å². The number of aryl methyl sites for hydroxylation is 1. The minimum absolute atomic E-state index is 0.0847. The molecule has 0 radical (unpaired) electrons. The second-order valence-electron chi connectivity index (χ2n) is 6.33. The van der Waals surface area contributed by atoms with Gasteiger partial charge in [-0.25, -0.2) is 0 Å². The molecule has 3 atom stereocenters. The first kappa shape index (κ1) is 13.0. The summed E-state index contributed by atoms with van der Waals surface area (Å²) in [6.45, 7) is 2.13. The second-order valence-corrected chi connectivity index (χ2v) is 6.33. The molecule has 0 aromatic heterocycles. The van der Waals surface area contributed by atoms with E-state index in [2.05, 4.69) is 25.1 Å². The third-order valence-corrected chi connectivity index (χ3v) is 4.56. The van der Waals surface area contributed by atoms with Crippen LogP contribution in [0.5, 0.6) is 5.75 Å². The number of hydrogen-bond acceptors (Lipinski definition) is 2. The van der Waals surface area contributed by atoms with Gasteiger partial charge in [0, 0.05) is 6.42 Å². The van der Waals surface area contributed by atoms with E-state index in [-0.39, 0.29) is 6.10 Å². The Hall–Kier alpha value is -1.02. The first-order chi connectivity index (χ1) is 9.20. The molecule has 104 valence electrons. The van der Waals surface area contributed by atoms with E-state index in [0.717, 1.165) is 31.4 Å². The van der Waals surface area contributed by atoms with Gasteiger partial charge in [-0.3, -0.25) is 0 Å². The predicted molar refractivity (Wildman–Crippen MR) is 76.5 cm³/mol. The Morgan fingerprint density at radius 3 is 3.00 bits per heavy atom. The topological polar surface area (TPSA) is 29.5 Å². The highest BCUT2D eigenvalue weighted by Crippen LogP contribution is 2.35. The van der Waals surface area contributed by atoms with E-state index >= 15 is 0 Å². The summed E-state index contributed by atoms with van der Waals surface area (Å²) in [4.78, 5) is 0. The minimum Gasteiger partial charge on any atom is -0.490 e. The van der Waals surface area contributed by atoms with Gasteiger partial charge in [0.15, 0.2) is 0 Å². The van der Waals surface area contributed by atoms with E-state index in [1.165, 1.54) is 30.4 Å². The quantitative estimate of drug-likeness (QED) is 0.823. The summed E-state index contributed by atoms with van der Waals surface area (Å²) in [6, 6.07) is 6.47. The normalized spacial score (nSPS) is 30.5. The van der Waals surface area contributed by atoms with Crippen LogP contribution in [-0.4, -0.2) is 17.3 Å². The molecule has 0 saturated heterocycles. The van der Waals surface area contributed by atoms with Crippen molar-refractivity contribution in [1.82, 2.24) is 0 Å². The average molecular weight is 260 g/mol. The van der Waals surface area contributed by atoms with Gasteiger partial charge >= 0.3 is 0 Å². The van der Waals surface area contributed by atoms with E-state index in [9.17, 15) is 5.11 Å². The number of aliphatic hydroxyl groups excluding tert-OH is 1. The number of benzene rings is 1. The van der Waals surface area contributed by atoms with Crippen LogP contribution >= 0.6 is 0 Å². The Morgan fingerprint density at radius 2 is 2.11 bits per heavy atom. The highest BCUT2D eigenvalue weighted by atomic mass is 16.5. The molecule has 0 bridgehead atoms. The molecule has 1 aliphatic heterocycles. The van der Waals surface area contributed by atoms with Crippen molar-refractivity contribution in [3.63, 3.8) is 0 Å². The zero-order valence-electron chi connectivity index (χ0n) is 11.8. The highest BCUT2D eigenvalue weighted by Gasteiger charge is 2.27. The molecule has 1 fully saturated rings. The lowest BCUT2D eigenvalue weighted by Crippen LogP contribution is -2.20. The first-order valence-corrected chi connectivity index (χ1v) is 7.65. The van der Waals surface area contributed by atoms with E-state index < -0.39 is 0 Å². The highest BCUT2D eigenvalue weighted by molar-refractivity contribution is 5.40. The molecule has 1 aromatic rings. The fraction of sp³-hybridized carbons (Fsp3) is 0.647. The van der Waals surface area contributed by atoms with Crippen LogP contribution in [0.4, 0.5) is 0 Å². The summed E-state index contributed by atoms with van der Waals surface area (Å²) in [5, 5.41) is 9.90. The molecule has 3 unspecified atom stereocenters. The molecular weight excluding hydrogens is 236 g/mol. The SMILES string of the molecule is Cc1ccc2c(c1)CC(CC1CCCCC(O)C1)O2. The Morgan fingerprint density at radius 1 is 1.26 bits per heavy atom. The van der Waals surface area contributed by atoms with Crippen molar-refractivity contribution >= 4 is 0 Å². The lowest BCUT2D eigenvalue weighted by Gasteiger charge is -2.20. The maximum absolute atomic E-state index is 9.90. The molecule has 2 nitrogen and oxygen atoms in total. The molecule has 2 heteroatoms. The molecule has 3 rings (SSSR count). The monoisotopic (exact) mass is 260 g/mol. The van der Waals surface area contributed by atoms with Crippen molar-refractivity contribution in [1.29, 1.82) is 0 Å². The predicted octanol–water partition coefficient (Wildman–Crippen LogP) is 3.63. The number of aliphatic hydroxyl groups is 1. The number of fused-ring (bicyclic) bond motifs is 1. The van der Waals surface area contributed by atoms with Crippen molar-refractivity contribution in [2.24, 2.45) is 5.92 Å². The van der Waals surface area contributed by atoms with Crippen molar-refractivity contribution in [3.8, 4) is 5.75 Å². The van der Waals surface area contributed by atoms with Crippen LogP contribution in [0.25, 0.3) is 0 Å². The van der Waals surface area contributed by atoms with Crippen LogP contribution in [0.15, 0.2) is 18.2 Å². The second kappa shape index (κ2) is 5.54. The molecule has 1 saturated carbocycles. The van der Waals surface area contributed by atoms with Crippen LogP contribution < -0.4 is 4.74 Å². The van der Waals surface area contributed by atoms with Crippen molar-refractivity contribution in [2.75, 3.05) is 0 Å². The van der Waals surface area contributed by atoms with Gasteiger partial charge in [-0.05, 0) is 43.7 Å².